The Labute approximate surface area is 137 Å². The Kier molecular flexibility index (Phi) is 4.58. The van der Waals surface area contributed by atoms with E-state index in [4.69, 9.17) is 4.74 Å². The van der Waals surface area contributed by atoms with Crippen molar-refractivity contribution in [3.63, 3.8) is 0 Å². The van der Waals surface area contributed by atoms with E-state index in [9.17, 15) is 9.59 Å². The Morgan fingerprint density at radius 3 is 2.96 bits per heavy atom. The van der Waals surface area contributed by atoms with Crippen LogP contribution in [0.3, 0.4) is 0 Å². The first-order valence-electron chi connectivity index (χ1n) is 7.22. The molecule has 2 heterocycles. The van der Waals surface area contributed by atoms with Crippen molar-refractivity contribution in [2.24, 2.45) is 0 Å². The maximum atomic E-state index is 11.6. The minimum absolute atomic E-state index is 0.142. The Balaban J connectivity index is 1.51. The molecular formula is C17H14N4O3. The van der Waals surface area contributed by atoms with Crippen LogP contribution in [0.15, 0.2) is 53.7 Å². The van der Waals surface area contributed by atoms with Crippen molar-refractivity contribution in [3.8, 4) is 11.8 Å². The molecule has 0 spiro atoms. The number of aromatic amines is 1. The van der Waals surface area contributed by atoms with Gasteiger partial charge in [0.2, 0.25) is 0 Å². The van der Waals surface area contributed by atoms with Gasteiger partial charge in [-0.05, 0) is 11.6 Å². The number of nitrogens with zero attached hydrogens (tertiary/aromatic N) is 2. The zero-order valence-electron chi connectivity index (χ0n) is 12.7. The Morgan fingerprint density at radius 1 is 1.33 bits per heavy atom. The molecule has 0 aliphatic rings. The van der Waals surface area contributed by atoms with E-state index in [2.05, 4.69) is 27.2 Å². The fourth-order valence-corrected chi connectivity index (χ4v) is 2.05. The second kappa shape index (κ2) is 7.15. The number of benzene rings is 1. The summed E-state index contributed by atoms with van der Waals surface area (Å²) in [5.41, 5.74) is 1.73. The number of ether oxygens (including phenoxy) is 1. The molecule has 2 N–H and O–H groups in total. The lowest BCUT2D eigenvalue weighted by molar-refractivity contribution is 0.141. The van der Waals surface area contributed by atoms with Gasteiger partial charge in [0.1, 0.15) is 18.5 Å². The van der Waals surface area contributed by atoms with Gasteiger partial charge in [-0.3, -0.25) is 4.79 Å². The van der Waals surface area contributed by atoms with Crippen LogP contribution >= 0.6 is 0 Å². The predicted octanol–water partition coefficient (Wildman–Crippen LogP) is 1.30. The lowest BCUT2D eigenvalue weighted by atomic mass is 10.2. The number of fused-ring (bicyclic) bond motifs is 1. The summed E-state index contributed by atoms with van der Waals surface area (Å²) in [5.74, 6) is 5.65. The maximum Gasteiger partial charge on any atom is 0.408 e. The summed E-state index contributed by atoms with van der Waals surface area (Å²) in [6.07, 6.45) is 2.43. The number of aromatic nitrogens is 3. The molecule has 0 fully saturated rings. The average Bonchev–Trinajstić information content (AvgIpc) is 3.02. The molecule has 1 amide bonds. The zero-order valence-corrected chi connectivity index (χ0v) is 12.7. The topological polar surface area (TPSA) is 88.5 Å². The number of carbonyl (C=O) groups excluding carboxylic acids is 1. The highest BCUT2D eigenvalue weighted by molar-refractivity contribution is 5.67. The second-order valence-corrected chi connectivity index (χ2v) is 4.89. The number of alkyl carbamates (subject to hydrolysis) is 1. The van der Waals surface area contributed by atoms with E-state index in [-0.39, 0.29) is 18.7 Å². The van der Waals surface area contributed by atoms with Crippen LogP contribution in [0.4, 0.5) is 4.79 Å². The monoisotopic (exact) mass is 322 g/mol. The van der Waals surface area contributed by atoms with Crippen LogP contribution in [-0.2, 0) is 11.3 Å². The van der Waals surface area contributed by atoms with Gasteiger partial charge in [-0.1, -0.05) is 42.2 Å². The van der Waals surface area contributed by atoms with Crippen LogP contribution in [-0.4, -0.2) is 27.2 Å². The minimum Gasteiger partial charge on any atom is -0.445 e. The molecule has 7 nitrogen and oxygen atoms in total. The van der Waals surface area contributed by atoms with Gasteiger partial charge in [-0.25, -0.2) is 9.31 Å². The van der Waals surface area contributed by atoms with Crippen LogP contribution in [0.1, 0.15) is 11.1 Å². The summed E-state index contributed by atoms with van der Waals surface area (Å²) in [7, 11) is 0. The quantitative estimate of drug-likeness (QED) is 0.712. The largest absolute Gasteiger partial charge is 0.445 e. The Hall–Kier alpha value is -3.53. The molecule has 0 saturated heterocycles. The van der Waals surface area contributed by atoms with Gasteiger partial charge in [0.05, 0.1) is 6.54 Å². The fraction of sp³-hybridized carbons (Fsp3) is 0.118. The first-order valence-corrected chi connectivity index (χ1v) is 7.22. The normalized spacial score (nSPS) is 10.0. The third-order valence-electron chi connectivity index (χ3n) is 3.18. The van der Waals surface area contributed by atoms with E-state index in [1.165, 1.54) is 10.8 Å². The van der Waals surface area contributed by atoms with E-state index in [1.807, 2.05) is 30.3 Å². The second-order valence-electron chi connectivity index (χ2n) is 4.89. The smallest absolute Gasteiger partial charge is 0.408 e. The van der Waals surface area contributed by atoms with E-state index in [0.29, 0.717) is 11.1 Å². The van der Waals surface area contributed by atoms with Gasteiger partial charge in [0, 0.05) is 11.8 Å². The van der Waals surface area contributed by atoms with Crippen LogP contribution in [0, 0.1) is 11.8 Å². The number of carbonyl (C=O) groups is 1. The van der Waals surface area contributed by atoms with E-state index >= 15 is 0 Å². The molecule has 3 aromatic rings. The van der Waals surface area contributed by atoms with Crippen molar-refractivity contribution in [1.29, 1.82) is 0 Å². The molecule has 0 bridgehead atoms. The molecule has 120 valence electrons. The van der Waals surface area contributed by atoms with E-state index < -0.39 is 6.09 Å². The molecule has 0 unspecified atom stereocenters. The number of rotatable bonds is 3. The number of H-pyrrole nitrogens is 1. The lowest BCUT2D eigenvalue weighted by Crippen LogP contribution is -2.24. The molecule has 1 aromatic carbocycles. The maximum absolute atomic E-state index is 11.6. The molecule has 0 saturated carbocycles. The summed E-state index contributed by atoms with van der Waals surface area (Å²) >= 11 is 0. The average molecular weight is 322 g/mol. The molecule has 0 atom stereocenters. The van der Waals surface area contributed by atoms with Crippen molar-refractivity contribution in [2.75, 3.05) is 6.54 Å². The molecule has 0 aliphatic carbocycles. The van der Waals surface area contributed by atoms with Crippen molar-refractivity contribution < 1.29 is 9.53 Å². The standard InChI is InChI=1S/C17H14N4O3/c22-16-15-9-14(10-21(15)20-12-19-16)7-4-8-18-17(23)24-11-13-5-2-1-3-6-13/h1-3,5-6,9-10,12H,8,11H2,(H,18,23)(H,19,20,22). The zero-order chi connectivity index (χ0) is 16.8. The highest BCUT2D eigenvalue weighted by Crippen LogP contribution is 2.02. The molecule has 3 rings (SSSR count). The van der Waals surface area contributed by atoms with Gasteiger partial charge in [-0.15, -0.1) is 0 Å². The minimum atomic E-state index is -0.534. The summed E-state index contributed by atoms with van der Waals surface area (Å²) < 4.78 is 6.52. The molecule has 0 radical (unpaired) electrons. The van der Waals surface area contributed by atoms with Crippen molar-refractivity contribution >= 4 is 11.6 Å². The van der Waals surface area contributed by atoms with Crippen molar-refractivity contribution in [3.05, 3.63) is 70.4 Å². The van der Waals surface area contributed by atoms with Crippen LogP contribution in [0.5, 0.6) is 0 Å². The van der Waals surface area contributed by atoms with Gasteiger partial charge in [-0.2, -0.15) is 5.10 Å². The first-order chi connectivity index (χ1) is 11.7. The summed E-state index contributed by atoms with van der Waals surface area (Å²) in [6, 6.07) is 11.0. The van der Waals surface area contributed by atoms with E-state index in [1.54, 1.807) is 12.3 Å². The summed E-state index contributed by atoms with van der Waals surface area (Å²) in [4.78, 5) is 25.6. The third kappa shape index (κ3) is 3.81. The molecule has 7 heteroatoms. The van der Waals surface area contributed by atoms with Gasteiger partial charge in [0.15, 0.2) is 0 Å². The molecular weight excluding hydrogens is 308 g/mol. The SMILES string of the molecule is O=C(NCC#Cc1cc2c(=O)[nH]cnn2c1)OCc1ccccc1. The Morgan fingerprint density at radius 2 is 2.17 bits per heavy atom. The predicted molar refractivity (Wildman–Crippen MR) is 87.3 cm³/mol. The van der Waals surface area contributed by atoms with Crippen molar-refractivity contribution in [1.82, 2.24) is 19.9 Å². The first kappa shape index (κ1) is 15.4. The number of hydrogen-bond donors (Lipinski definition) is 2. The number of nitrogens with one attached hydrogen (secondary N) is 2. The molecule has 0 aliphatic heterocycles. The Bertz CT molecular complexity index is 964. The van der Waals surface area contributed by atoms with Crippen LogP contribution in [0.2, 0.25) is 0 Å². The van der Waals surface area contributed by atoms with Crippen LogP contribution in [0.25, 0.3) is 5.52 Å². The van der Waals surface area contributed by atoms with Gasteiger partial charge >= 0.3 is 6.09 Å². The van der Waals surface area contributed by atoms with Crippen molar-refractivity contribution in [2.45, 2.75) is 6.61 Å². The highest BCUT2D eigenvalue weighted by Gasteiger charge is 2.02. The summed E-state index contributed by atoms with van der Waals surface area (Å²) in [5, 5.41) is 6.52. The third-order valence-corrected chi connectivity index (χ3v) is 3.18. The molecule has 24 heavy (non-hydrogen) atoms. The summed E-state index contributed by atoms with van der Waals surface area (Å²) in [6.45, 7) is 0.350. The molecule has 2 aromatic heterocycles. The highest BCUT2D eigenvalue weighted by atomic mass is 16.5. The van der Waals surface area contributed by atoms with Crippen LogP contribution < -0.4 is 10.9 Å². The lowest BCUT2D eigenvalue weighted by Gasteiger charge is -2.04. The number of amides is 1. The van der Waals surface area contributed by atoms with E-state index in [0.717, 1.165) is 5.56 Å². The van der Waals surface area contributed by atoms with Gasteiger partial charge < -0.3 is 15.0 Å². The fourth-order valence-electron chi connectivity index (χ4n) is 2.05. The van der Waals surface area contributed by atoms with Gasteiger partial charge in [0.25, 0.3) is 5.56 Å². The number of hydrogen-bond acceptors (Lipinski definition) is 4.